The Morgan fingerprint density at radius 3 is 2.61 bits per heavy atom. The number of nitrogens with one attached hydrogen (secondary N) is 1. The number of rotatable bonds is 9. The molecule has 0 aliphatic heterocycles. The molecular formula is C24H29N3O4. The fraction of sp³-hybridized carbons (Fsp3) is 0.333. The summed E-state index contributed by atoms with van der Waals surface area (Å²) < 4.78 is 16.5. The molecule has 7 nitrogen and oxygen atoms in total. The van der Waals surface area contributed by atoms with Crippen molar-refractivity contribution in [2.45, 2.75) is 26.5 Å². The summed E-state index contributed by atoms with van der Waals surface area (Å²) in [4.78, 5) is 15.0. The number of ether oxygens (including phenoxy) is 2. The molecule has 0 saturated carbocycles. The third kappa shape index (κ3) is 5.44. The molecule has 3 rings (SSSR count). The van der Waals surface area contributed by atoms with Gasteiger partial charge in [0.1, 0.15) is 23.9 Å². The smallest absolute Gasteiger partial charge is 0.255 e. The van der Waals surface area contributed by atoms with Crippen LogP contribution in [0.15, 0.2) is 53.1 Å². The second kappa shape index (κ2) is 10.1. The summed E-state index contributed by atoms with van der Waals surface area (Å²) >= 11 is 0. The van der Waals surface area contributed by atoms with Gasteiger partial charge in [-0.2, -0.15) is 0 Å². The van der Waals surface area contributed by atoms with E-state index in [0.717, 1.165) is 22.6 Å². The number of likely N-dealkylation sites (N-methyl/N-ethyl adjacent to an activating group) is 1. The van der Waals surface area contributed by atoms with Crippen molar-refractivity contribution in [3.63, 3.8) is 0 Å². The van der Waals surface area contributed by atoms with Crippen LogP contribution < -0.4 is 14.8 Å². The summed E-state index contributed by atoms with van der Waals surface area (Å²) in [7, 11) is 5.61. The van der Waals surface area contributed by atoms with Crippen molar-refractivity contribution in [2.75, 3.05) is 27.7 Å². The van der Waals surface area contributed by atoms with Gasteiger partial charge in [0.25, 0.3) is 5.91 Å². The van der Waals surface area contributed by atoms with Crippen molar-refractivity contribution in [3.8, 4) is 11.5 Å². The minimum atomic E-state index is -0.191. The molecule has 0 aliphatic rings. The summed E-state index contributed by atoms with van der Waals surface area (Å²) in [6.07, 6.45) is 0. The van der Waals surface area contributed by atoms with Crippen LogP contribution in [0.4, 0.5) is 0 Å². The normalized spacial score (nSPS) is 11.9. The van der Waals surface area contributed by atoms with Gasteiger partial charge < -0.3 is 24.2 Å². The van der Waals surface area contributed by atoms with Gasteiger partial charge in [0.05, 0.1) is 30.0 Å². The van der Waals surface area contributed by atoms with Crippen LogP contribution in [0.3, 0.4) is 0 Å². The topological polar surface area (TPSA) is 76.8 Å². The highest BCUT2D eigenvalue weighted by molar-refractivity contribution is 5.96. The number of para-hydroxylation sites is 1. The van der Waals surface area contributed by atoms with E-state index in [1.165, 1.54) is 0 Å². The van der Waals surface area contributed by atoms with Gasteiger partial charge in [-0.3, -0.25) is 4.79 Å². The van der Waals surface area contributed by atoms with Crippen LogP contribution in [0.25, 0.3) is 0 Å². The summed E-state index contributed by atoms with van der Waals surface area (Å²) in [5.74, 6) is 1.83. The molecule has 0 spiro atoms. The van der Waals surface area contributed by atoms with Crippen molar-refractivity contribution >= 4 is 5.91 Å². The summed E-state index contributed by atoms with van der Waals surface area (Å²) in [5, 5.41) is 6.98. The number of methoxy groups -OCH3 is 1. The van der Waals surface area contributed by atoms with Crippen LogP contribution in [-0.4, -0.2) is 43.7 Å². The second-order valence-electron chi connectivity index (χ2n) is 7.55. The van der Waals surface area contributed by atoms with Crippen LogP contribution in [-0.2, 0) is 6.61 Å². The highest BCUT2D eigenvalue weighted by Gasteiger charge is 2.19. The maximum Gasteiger partial charge on any atom is 0.255 e. The first-order valence-corrected chi connectivity index (χ1v) is 10.1. The Labute approximate surface area is 182 Å². The lowest BCUT2D eigenvalue weighted by atomic mass is 10.1. The number of aryl methyl sites for hydroxylation is 2. The maximum atomic E-state index is 13.0. The van der Waals surface area contributed by atoms with E-state index in [1.807, 2.05) is 64.3 Å². The fourth-order valence-electron chi connectivity index (χ4n) is 3.37. The third-order valence-corrected chi connectivity index (χ3v) is 5.24. The highest BCUT2D eigenvalue weighted by atomic mass is 16.5. The van der Waals surface area contributed by atoms with Gasteiger partial charge in [0.2, 0.25) is 0 Å². The third-order valence-electron chi connectivity index (χ3n) is 5.24. The number of benzene rings is 2. The van der Waals surface area contributed by atoms with Gasteiger partial charge in [-0.05, 0) is 57.8 Å². The Kier molecular flexibility index (Phi) is 7.31. The summed E-state index contributed by atoms with van der Waals surface area (Å²) in [6.45, 7) is 4.44. The molecule has 3 aromatic rings. The number of hydrogen-bond donors (Lipinski definition) is 1. The molecule has 0 radical (unpaired) electrons. The molecule has 164 valence electrons. The van der Waals surface area contributed by atoms with Crippen LogP contribution in [0.2, 0.25) is 0 Å². The number of nitrogens with zero attached hydrogens (tertiary/aromatic N) is 2. The highest BCUT2D eigenvalue weighted by Crippen LogP contribution is 2.24. The molecule has 1 aromatic heterocycles. The molecule has 0 saturated heterocycles. The van der Waals surface area contributed by atoms with Crippen molar-refractivity contribution in [1.82, 2.24) is 15.4 Å². The standard InChI is InChI=1S/C24H29N3O4/c1-16-21(17(2)31-26-16)15-30-23-12-7-6-11-20(23)24(28)25-14-22(27(3)4)18-9-8-10-19(13-18)29-5/h6-13,22H,14-15H2,1-5H3,(H,25,28). The number of carbonyl (C=O) groups excluding carboxylic acids is 1. The van der Waals surface area contributed by atoms with E-state index in [2.05, 4.69) is 15.4 Å². The lowest BCUT2D eigenvalue weighted by Gasteiger charge is -2.25. The first-order valence-electron chi connectivity index (χ1n) is 10.1. The SMILES string of the molecule is COc1cccc(C(CNC(=O)c2ccccc2OCc2c(C)noc2C)N(C)C)c1. The van der Waals surface area contributed by atoms with Crippen molar-refractivity contribution in [2.24, 2.45) is 0 Å². The molecule has 2 aromatic carbocycles. The van der Waals surface area contributed by atoms with Gasteiger partial charge in [-0.25, -0.2) is 0 Å². The number of aromatic nitrogens is 1. The van der Waals surface area contributed by atoms with Gasteiger partial charge >= 0.3 is 0 Å². The molecule has 1 heterocycles. The first kappa shape index (κ1) is 22.4. The van der Waals surface area contributed by atoms with Crippen molar-refractivity contribution < 1.29 is 18.8 Å². The molecule has 0 bridgehead atoms. The quantitative estimate of drug-likeness (QED) is 0.562. The van der Waals surface area contributed by atoms with Gasteiger partial charge in [-0.15, -0.1) is 0 Å². The predicted molar refractivity (Wildman–Crippen MR) is 119 cm³/mol. The number of hydrogen-bond acceptors (Lipinski definition) is 6. The molecule has 0 fully saturated rings. The van der Waals surface area contributed by atoms with E-state index >= 15 is 0 Å². The average molecular weight is 424 g/mol. The van der Waals surface area contributed by atoms with E-state index in [4.69, 9.17) is 14.0 Å². The number of amides is 1. The van der Waals surface area contributed by atoms with Crippen LogP contribution >= 0.6 is 0 Å². The predicted octanol–water partition coefficient (Wildman–Crippen LogP) is 3.91. The number of carbonyl (C=O) groups is 1. The van der Waals surface area contributed by atoms with E-state index in [-0.39, 0.29) is 18.6 Å². The second-order valence-corrected chi connectivity index (χ2v) is 7.55. The Bertz CT molecular complexity index is 1010. The lowest BCUT2D eigenvalue weighted by Crippen LogP contribution is -2.34. The van der Waals surface area contributed by atoms with Gasteiger partial charge in [0.15, 0.2) is 0 Å². The lowest BCUT2D eigenvalue weighted by molar-refractivity contribution is 0.0937. The van der Waals surface area contributed by atoms with E-state index in [1.54, 1.807) is 19.2 Å². The molecule has 0 aliphatic carbocycles. The zero-order chi connectivity index (χ0) is 22.4. The molecule has 1 atom stereocenters. The Balaban J connectivity index is 1.71. The van der Waals surface area contributed by atoms with E-state index < -0.39 is 0 Å². The largest absolute Gasteiger partial charge is 0.497 e. The van der Waals surface area contributed by atoms with Crippen molar-refractivity contribution in [3.05, 3.63) is 76.7 Å². The van der Waals surface area contributed by atoms with E-state index in [9.17, 15) is 4.79 Å². The first-order chi connectivity index (χ1) is 14.9. The molecule has 31 heavy (non-hydrogen) atoms. The minimum absolute atomic E-state index is 0.00515. The summed E-state index contributed by atoms with van der Waals surface area (Å²) in [6, 6.07) is 15.1. The Morgan fingerprint density at radius 2 is 1.94 bits per heavy atom. The van der Waals surface area contributed by atoms with E-state index in [0.29, 0.717) is 23.6 Å². The van der Waals surface area contributed by atoms with Crippen LogP contribution in [0.1, 0.15) is 39.0 Å². The average Bonchev–Trinajstić information content (AvgIpc) is 3.09. The van der Waals surface area contributed by atoms with Gasteiger partial charge in [0, 0.05) is 6.54 Å². The van der Waals surface area contributed by atoms with Crippen molar-refractivity contribution in [1.29, 1.82) is 0 Å². The zero-order valence-electron chi connectivity index (χ0n) is 18.6. The minimum Gasteiger partial charge on any atom is -0.497 e. The Morgan fingerprint density at radius 1 is 1.16 bits per heavy atom. The maximum absolute atomic E-state index is 13.0. The molecule has 7 heteroatoms. The molecule has 1 unspecified atom stereocenters. The van der Waals surface area contributed by atoms with Crippen LogP contribution in [0, 0.1) is 13.8 Å². The monoisotopic (exact) mass is 423 g/mol. The van der Waals surface area contributed by atoms with Gasteiger partial charge in [-0.1, -0.05) is 29.4 Å². The zero-order valence-corrected chi connectivity index (χ0v) is 18.6. The molecule has 1 N–H and O–H groups in total. The van der Waals surface area contributed by atoms with Crippen LogP contribution in [0.5, 0.6) is 11.5 Å². The Hall–Kier alpha value is -3.32. The fourth-order valence-corrected chi connectivity index (χ4v) is 3.37. The summed E-state index contributed by atoms with van der Waals surface area (Å²) in [5.41, 5.74) is 3.22. The molecular weight excluding hydrogens is 394 g/mol. The molecule has 1 amide bonds.